The van der Waals surface area contributed by atoms with Crippen LogP contribution in [0.4, 0.5) is 0 Å². The lowest BCUT2D eigenvalue weighted by Gasteiger charge is -2.13. The Balaban J connectivity index is 2.38. The highest BCUT2D eigenvalue weighted by Crippen LogP contribution is 2.23. The zero-order chi connectivity index (χ0) is 17.5. The second-order valence-electron chi connectivity index (χ2n) is 5.09. The second-order valence-corrected chi connectivity index (χ2v) is 6.52. The van der Waals surface area contributed by atoms with Gasteiger partial charge in [0.15, 0.2) is 5.16 Å². The van der Waals surface area contributed by atoms with E-state index in [4.69, 9.17) is 22.1 Å². The largest absolute Gasteiger partial charge is 0.283 e. The van der Waals surface area contributed by atoms with E-state index in [9.17, 15) is 4.79 Å². The lowest BCUT2D eigenvalue weighted by Crippen LogP contribution is -2.23. The highest BCUT2D eigenvalue weighted by molar-refractivity contribution is 7.99. The van der Waals surface area contributed by atoms with Crippen LogP contribution in [0.2, 0.25) is 5.02 Å². The van der Waals surface area contributed by atoms with E-state index in [0.29, 0.717) is 46.2 Å². The summed E-state index contributed by atoms with van der Waals surface area (Å²) in [5.41, 5.74) is 0.383. The fourth-order valence-corrected chi connectivity index (χ4v) is 3.41. The Morgan fingerprint density at radius 1 is 1.46 bits per heavy atom. The molecule has 2 rings (SSSR count). The first kappa shape index (κ1) is 18.1. The number of hydrogen-bond donors (Lipinski definition) is 0. The number of fused-ring (bicyclic) bond motifs is 1. The summed E-state index contributed by atoms with van der Waals surface area (Å²) in [4.78, 5) is 17.2. The lowest BCUT2D eigenvalue weighted by molar-refractivity contribution is 0.659. The Bertz CT molecular complexity index is 894. The van der Waals surface area contributed by atoms with Gasteiger partial charge in [0.2, 0.25) is 0 Å². The van der Waals surface area contributed by atoms with Gasteiger partial charge in [-0.2, -0.15) is 10.5 Å². The molecule has 0 spiro atoms. The van der Waals surface area contributed by atoms with Crippen molar-refractivity contribution in [2.24, 2.45) is 5.92 Å². The molecule has 0 aliphatic carbocycles. The van der Waals surface area contributed by atoms with Crippen molar-refractivity contribution in [3.05, 3.63) is 46.2 Å². The monoisotopic (exact) mass is 358 g/mol. The minimum absolute atomic E-state index is 0.185. The van der Waals surface area contributed by atoms with E-state index in [-0.39, 0.29) is 11.5 Å². The summed E-state index contributed by atoms with van der Waals surface area (Å²) in [6, 6.07) is 9.23. The van der Waals surface area contributed by atoms with Crippen LogP contribution in [-0.4, -0.2) is 15.3 Å². The topological polar surface area (TPSA) is 82.5 Å². The average Bonchev–Trinajstić information content (AvgIpc) is 2.58. The molecule has 1 atom stereocenters. The molecular formula is C17H15ClN4OS. The minimum atomic E-state index is -0.260. The molecule has 0 bridgehead atoms. The third-order valence-electron chi connectivity index (χ3n) is 3.39. The number of benzene rings is 1. The lowest BCUT2D eigenvalue weighted by atomic mass is 10.1. The number of rotatable bonds is 7. The first-order valence-corrected chi connectivity index (χ1v) is 8.67. The summed E-state index contributed by atoms with van der Waals surface area (Å²) in [6.07, 6.45) is 2.47. The zero-order valence-electron chi connectivity index (χ0n) is 12.9. The van der Waals surface area contributed by atoms with E-state index in [1.54, 1.807) is 24.3 Å². The molecule has 0 fully saturated rings. The van der Waals surface area contributed by atoms with Gasteiger partial charge in [0.25, 0.3) is 5.56 Å². The molecule has 0 amide bonds. The van der Waals surface area contributed by atoms with Gasteiger partial charge in [-0.15, -0.1) is 6.58 Å². The van der Waals surface area contributed by atoms with Crippen molar-refractivity contribution in [2.45, 2.75) is 24.5 Å². The zero-order valence-corrected chi connectivity index (χ0v) is 14.5. The molecule has 1 aromatic carbocycles. The molecule has 0 aliphatic heterocycles. The van der Waals surface area contributed by atoms with Gasteiger partial charge in [-0.25, -0.2) is 4.98 Å². The van der Waals surface area contributed by atoms with Crippen molar-refractivity contribution in [3.63, 3.8) is 0 Å². The Labute approximate surface area is 149 Å². The standard InChI is InChI=1S/C17H15ClN4OS/c1-2-8-22-16(23)14-9-13(18)5-6-15(14)21-17(22)24-11-12(10-20)4-3-7-19/h2,5-6,9,12H,1,3-4,8,11H2/t12-/m1/s1. The quantitative estimate of drug-likeness (QED) is 0.427. The fourth-order valence-electron chi connectivity index (χ4n) is 2.17. The Morgan fingerprint density at radius 3 is 2.92 bits per heavy atom. The first-order valence-electron chi connectivity index (χ1n) is 7.31. The Morgan fingerprint density at radius 2 is 2.25 bits per heavy atom. The van der Waals surface area contributed by atoms with E-state index in [1.807, 2.05) is 6.07 Å². The van der Waals surface area contributed by atoms with Gasteiger partial charge in [0, 0.05) is 23.7 Å². The number of halogens is 1. The van der Waals surface area contributed by atoms with Gasteiger partial charge < -0.3 is 0 Å². The van der Waals surface area contributed by atoms with Gasteiger partial charge in [0.1, 0.15) is 0 Å². The third kappa shape index (κ3) is 4.17. The van der Waals surface area contributed by atoms with Crippen LogP contribution in [0.15, 0.2) is 40.8 Å². The molecule has 24 heavy (non-hydrogen) atoms. The normalized spacial score (nSPS) is 11.6. The van der Waals surface area contributed by atoms with Crippen molar-refractivity contribution in [3.8, 4) is 12.1 Å². The van der Waals surface area contributed by atoms with Crippen LogP contribution in [0, 0.1) is 28.6 Å². The predicted octanol–water partition coefficient (Wildman–Crippen LogP) is 3.77. The number of nitriles is 2. The van der Waals surface area contributed by atoms with Gasteiger partial charge in [-0.05, 0) is 24.6 Å². The van der Waals surface area contributed by atoms with Crippen LogP contribution >= 0.6 is 23.4 Å². The second kappa shape index (κ2) is 8.54. The van der Waals surface area contributed by atoms with Crippen LogP contribution in [0.5, 0.6) is 0 Å². The molecule has 0 saturated carbocycles. The van der Waals surface area contributed by atoms with E-state index in [2.05, 4.69) is 17.6 Å². The van der Waals surface area contributed by atoms with Crippen molar-refractivity contribution < 1.29 is 0 Å². The van der Waals surface area contributed by atoms with E-state index < -0.39 is 0 Å². The van der Waals surface area contributed by atoms with Crippen LogP contribution in [0.25, 0.3) is 10.9 Å². The molecule has 0 N–H and O–H groups in total. The number of allylic oxidation sites excluding steroid dienone is 1. The van der Waals surface area contributed by atoms with Gasteiger partial charge in [0.05, 0.1) is 29.0 Å². The molecule has 7 heteroatoms. The Hall–Kier alpha value is -2.28. The van der Waals surface area contributed by atoms with Crippen molar-refractivity contribution in [1.82, 2.24) is 9.55 Å². The number of aromatic nitrogens is 2. The van der Waals surface area contributed by atoms with Gasteiger partial charge in [-0.1, -0.05) is 29.4 Å². The summed E-state index contributed by atoms with van der Waals surface area (Å²) in [5, 5.41) is 19.3. The molecule has 0 saturated heterocycles. The maximum Gasteiger partial charge on any atom is 0.262 e. The van der Waals surface area contributed by atoms with Crippen LogP contribution in [0.3, 0.4) is 0 Å². The molecular weight excluding hydrogens is 344 g/mol. The molecule has 5 nitrogen and oxygen atoms in total. The summed E-state index contributed by atoms with van der Waals surface area (Å²) in [5.74, 6) is 0.213. The summed E-state index contributed by atoms with van der Waals surface area (Å²) >= 11 is 7.31. The molecule has 0 unspecified atom stereocenters. The van der Waals surface area contributed by atoms with Crippen molar-refractivity contribution in [1.29, 1.82) is 10.5 Å². The molecule has 0 aliphatic rings. The van der Waals surface area contributed by atoms with Crippen molar-refractivity contribution in [2.75, 3.05) is 5.75 Å². The van der Waals surface area contributed by atoms with E-state index in [1.165, 1.54) is 16.3 Å². The Kier molecular flexibility index (Phi) is 6.43. The highest BCUT2D eigenvalue weighted by atomic mass is 35.5. The molecule has 1 heterocycles. The van der Waals surface area contributed by atoms with Crippen LogP contribution in [0.1, 0.15) is 12.8 Å². The fraction of sp³-hybridized carbons (Fsp3) is 0.294. The molecule has 0 radical (unpaired) electrons. The smallest absolute Gasteiger partial charge is 0.262 e. The van der Waals surface area contributed by atoms with Crippen molar-refractivity contribution >= 4 is 34.3 Å². The summed E-state index contributed by atoms with van der Waals surface area (Å²) < 4.78 is 1.52. The summed E-state index contributed by atoms with van der Waals surface area (Å²) in [6.45, 7) is 4.00. The average molecular weight is 359 g/mol. The highest BCUT2D eigenvalue weighted by Gasteiger charge is 2.14. The molecule has 122 valence electrons. The van der Waals surface area contributed by atoms with Gasteiger partial charge >= 0.3 is 0 Å². The maximum atomic E-state index is 12.7. The number of hydrogen-bond acceptors (Lipinski definition) is 5. The predicted molar refractivity (Wildman–Crippen MR) is 95.9 cm³/mol. The summed E-state index contributed by atoms with van der Waals surface area (Å²) in [7, 11) is 0. The maximum absolute atomic E-state index is 12.7. The number of nitrogens with zero attached hydrogens (tertiary/aromatic N) is 4. The van der Waals surface area contributed by atoms with Crippen LogP contribution < -0.4 is 5.56 Å². The third-order valence-corrected chi connectivity index (χ3v) is 4.77. The van der Waals surface area contributed by atoms with Crippen LogP contribution in [-0.2, 0) is 6.54 Å². The van der Waals surface area contributed by atoms with E-state index >= 15 is 0 Å². The SMILES string of the molecule is C=CCn1c(SC[C@@H](C#N)CCC#N)nc2ccc(Cl)cc2c1=O. The van der Waals surface area contributed by atoms with Gasteiger partial charge in [-0.3, -0.25) is 9.36 Å². The molecule has 1 aromatic heterocycles. The minimum Gasteiger partial charge on any atom is -0.283 e. The molecule has 2 aromatic rings. The first-order chi connectivity index (χ1) is 11.6. The number of thioether (sulfide) groups is 1. The van der Waals surface area contributed by atoms with E-state index in [0.717, 1.165) is 0 Å².